The molecule has 2 aromatic rings. The molecule has 0 saturated heterocycles. The van der Waals surface area contributed by atoms with E-state index in [4.69, 9.17) is 4.74 Å². The number of ether oxygens (including phenoxy) is 1. The topological polar surface area (TPSA) is 29.5 Å². The Kier molecular flexibility index (Phi) is 5.62. The van der Waals surface area contributed by atoms with Gasteiger partial charge in [0.15, 0.2) is 0 Å². The number of benzene rings is 2. The van der Waals surface area contributed by atoms with Crippen molar-refractivity contribution in [2.75, 3.05) is 13.7 Å². The summed E-state index contributed by atoms with van der Waals surface area (Å²) in [6.07, 6.45) is 0.0939. The zero-order valence-electron chi connectivity index (χ0n) is 12.6. The molecule has 0 aromatic heterocycles. The normalized spacial score (nSPS) is 10.4. The van der Waals surface area contributed by atoms with Crippen molar-refractivity contribution < 1.29 is 22.7 Å². The lowest BCUT2D eigenvalue weighted by molar-refractivity contribution is -0.130. The van der Waals surface area contributed by atoms with Crippen LogP contribution in [0.2, 0.25) is 0 Å². The molecule has 0 aliphatic carbocycles. The molecule has 122 valence electrons. The predicted octanol–water partition coefficient (Wildman–Crippen LogP) is 3.53. The van der Waals surface area contributed by atoms with E-state index in [2.05, 4.69) is 0 Å². The Labute approximate surface area is 132 Å². The average molecular weight is 323 g/mol. The Balaban J connectivity index is 1.81. The van der Waals surface area contributed by atoms with E-state index in [0.29, 0.717) is 5.75 Å². The number of nitrogens with zero attached hydrogens (tertiary/aromatic N) is 1. The first-order valence-electron chi connectivity index (χ1n) is 7.02. The first kappa shape index (κ1) is 16.9. The van der Waals surface area contributed by atoms with E-state index in [-0.39, 0.29) is 36.9 Å². The molecule has 0 fully saturated rings. The summed E-state index contributed by atoms with van der Waals surface area (Å²) in [6.45, 7) is 0.169. The molecule has 0 bridgehead atoms. The molecule has 0 aliphatic heterocycles. The third kappa shape index (κ3) is 5.02. The number of amides is 1. The molecular weight excluding hydrogens is 307 g/mol. The minimum absolute atomic E-state index is 0.0431. The highest BCUT2D eigenvalue weighted by atomic mass is 19.1. The molecule has 0 aliphatic rings. The molecule has 2 aromatic carbocycles. The average Bonchev–Trinajstić information content (AvgIpc) is 2.51. The van der Waals surface area contributed by atoms with Crippen molar-refractivity contribution >= 4 is 5.91 Å². The summed E-state index contributed by atoms with van der Waals surface area (Å²) in [5, 5.41) is 0. The molecule has 23 heavy (non-hydrogen) atoms. The van der Waals surface area contributed by atoms with Crippen LogP contribution in [0, 0.1) is 17.5 Å². The van der Waals surface area contributed by atoms with Crippen molar-refractivity contribution in [1.82, 2.24) is 4.90 Å². The van der Waals surface area contributed by atoms with Crippen molar-refractivity contribution in [1.29, 1.82) is 0 Å². The van der Waals surface area contributed by atoms with Crippen LogP contribution in [0.25, 0.3) is 0 Å². The predicted molar refractivity (Wildman–Crippen MR) is 79.3 cm³/mol. The van der Waals surface area contributed by atoms with Crippen molar-refractivity contribution in [2.45, 2.75) is 13.0 Å². The molecule has 0 N–H and O–H groups in total. The minimum Gasteiger partial charge on any atom is -0.493 e. The van der Waals surface area contributed by atoms with Crippen molar-refractivity contribution in [3.8, 4) is 5.75 Å². The highest BCUT2D eigenvalue weighted by molar-refractivity contribution is 5.76. The molecule has 6 heteroatoms. The maximum Gasteiger partial charge on any atom is 0.226 e. The fourth-order valence-corrected chi connectivity index (χ4v) is 1.97. The van der Waals surface area contributed by atoms with Gasteiger partial charge in [-0.1, -0.05) is 6.07 Å². The van der Waals surface area contributed by atoms with E-state index in [1.807, 2.05) is 0 Å². The highest BCUT2D eigenvalue weighted by Crippen LogP contribution is 2.13. The fourth-order valence-electron chi connectivity index (χ4n) is 1.97. The van der Waals surface area contributed by atoms with Crippen LogP contribution in [0.4, 0.5) is 13.2 Å². The van der Waals surface area contributed by atoms with Crippen molar-refractivity contribution in [3.05, 3.63) is 65.5 Å². The quantitative estimate of drug-likeness (QED) is 0.814. The first-order chi connectivity index (χ1) is 11.0. The third-order valence-corrected chi connectivity index (χ3v) is 3.25. The number of carbonyl (C=O) groups is 1. The first-order valence-corrected chi connectivity index (χ1v) is 7.02. The van der Waals surface area contributed by atoms with Gasteiger partial charge in [0.25, 0.3) is 0 Å². The Morgan fingerprint density at radius 2 is 1.70 bits per heavy atom. The molecule has 0 unspecified atom stereocenters. The molecule has 0 heterocycles. The van der Waals surface area contributed by atoms with Gasteiger partial charge in [0.05, 0.1) is 13.0 Å². The maximum atomic E-state index is 13.5. The van der Waals surface area contributed by atoms with Gasteiger partial charge in [-0.2, -0.15) is 0 Å². The van der Waals surface area contributed by atoms with E-state index in [1.165, 1.54) is 42.3 Å². The minimum atomic E-state index is -0.688. The number of halogens is 3. The molecule has 0 radical (unpaired) electrons. The maximum absolute atomic E-state index is 13.5. The lowest BCUT2D eigenvalue weighted by Gasteiger charge is -2.18. The van der Waals surface area contributed by atoms with E-state index in [0.717, 1.165) is 12.1 Å². The second kappa shape index (κ2) is 7.67. The van der Waals surface area contributed by atoms with Gasteiger partial charge in [-0.3, -0.25) is 4.79 Å². The zero-order chi connectivity index (χ0) is 16.8. The molecule has 0 spiro atoms. The van der Waals surface area contributed by atoms with Crippen molar-refractivity contribution in [3.63, 3.8) is 0 Å². The summed E-state index contributed by atoms with van der Waals surface area (Å²) in [6, 6.07) is 8.71. The number of hydrogen-bond acceptors (Lipinski definition) is 2. The van der Waals surface area contributed by atoms with Crippen LogP contribution in [0.5, 0.6) is 5.75 Å². The SMILES string of the molecule is CN(Cc1ccc(F)cc1F)C(=O)CCOc1ccc(F)cc1. The molecule has 1 amide bonds. The van der Waals surface area contributed by atoms with E-state index < -0.39 is 11.6 Å². The molecule has 3 nitrogen and oxygen atoms in total. The van der Waals surface area contributed by atoms with Crippen LogP contribution < -0.4 is 4.74 Å². The number of carbonyl (C=O) groups excluding carboxylic acids is 1. The Morgan fingerprint density at radius 1 is 1.04 bits per heavy atom. The van der Waals surface area contributed by atoms with Gasteiger partial charge in [0.2, 0.25) is 5.91 Å². The fraction of sp³-hybridized carbons (Fsp3) is 0.235. The number of rotatable bonds is 6. The standard InChI is InChI=1S/C17H16F3NO2/c1-21(11-12-2-3-14(19)10-16(12)20)17(22)8-9-23-15-6-4-13(18)5-7-15/h2-7,10H,8-9,11H2,1H3. The van der Waals surface area contributed by atoms with E-state index in [9.17, 15) is 18.0 Å². The van der Waals surface area contributed by atoms with E-state index in [1.54, 1.807) is 0 Å². The van der Waals surface area contributed by atoms with Crippen molar-refractivity contribution in [2.24, 2.45) is 0 Å². The van der Waals surface area contributed by atoms with Gasteiger partial charge in [-0.05, 0) is 30.3 Å². The second-order valence-electron chi connectivity index (χ2n) is 5.04. The number of hydrogen-bond donors (Lipinski definition) is 0. The molecule has 0 atom stereocenters. The van der Waals surface area contributed by atoms with E-state index >= 15 is 0 Å². The largest absolute Gasteiger partial charge is 0.493 e. The summed E-state index contributed by atoms with van der Waals surface area (Å²) in [5.74, 6) is -1.49. The third-order valence-electron chi connectivity index (χ3n) is 3.25. The Hall–Kier alpha value is -2.50. The van der Waals surface area contributed by atoms with Crippen LogP contribution in [0.15, 0.2) is 42.5 Å². The summed E-state index contributed by atoms with van der Waals surface area (Å²) in [7, 11) is 1.53. The van der Waals surface area contributed by atoms with Gasteiger partial charge in [0, 0.05) is 25.2 Å². The zero-order valence-corrected chi connectivity index (χ0v) is 12.6. The van der Waals surface area contributed by atoms with Crippen LogP contribution in [-0.4, -0.2) is 24.5 Å². The van der Waals surface area contributed by atoms with Gasteiger partial charge in [0.1, 0.15) is 23.2 Å². The van der Waals surface area contributed by atoms with Crippen LogP contribution in [0.3, 0.4) is 0 Å². The lowest BCUT2D eigenvalue weighted by atomic mass is 10.2. The van der Waals surface area contributed by atoms with Gasteiger partial charge in [-0.25, -0.2) is 13.2 Å². The van der Waals surface area contributed by atoms with Gasteiger partial charge < -0.3 is 9.64 Å². The van der Waals surface area contributed by atoms with Gasteiger partial charge in [-0.15, -0.1) is 0 Å². The Bertz CT molecular complexity index is 674. The molecular formula is C17H16F3NO2. The lowest BCUT2D eigenvalue weighted by Crippen LogP contribution is -2.27. The van der Waals surface area contributed by atoms with Crippen LogP contribution in [0.1, 0.15) is 12.0 Å². The van der Waals surface area contributed by atoms with Crippen LogP contribution >= 0.6 is 0 Å². The highest BCUT2D eigenvalue weighted by Gasteiger charge is 2.12. The summed E-state index contributed by atoms with van der Waals surface area (Å²) >= 11 is 0. The van der Waals surface area contributed by atoms with Gasteiger partial charge >= 0.3 is 0 Å². The Morgan fingerprint density at radius 3 is 2.35 bits per heavy atom. The molecule has 0 saturated carbocycles. The second-order valence-corrected chi connectivity index (χ2v) is 5.04. The smallest absolute Gasteiger partial charge is 0.226 e. The summed E-state index contributed by atoms with van der Waals surface area (Å²) < 4.78 is 44.5. The monoisotopic (exact) mass is 323 g/mol. The van der Waals surface area contributed by atoms with Crippen LogP contribution in [-0.2, 0) is 11.3 Å². The molecule has 2 rings (SSSR count). The summed E-state index contributed by atoms with van der Waals surface area (Å²) in [4.78, 5) is 13.3. The summed E-state index contributed by atoms with van der Waals surface area (Å²) in [5.41, 5.74) is 0.238.